The number of aromatic nitrogens is 2. The van der Waals surface area contributed by atoms with E-state index in [0.29, 0.717) is 6.04 Å². The van der Waals surface area contributed by atoms with Crippen LogP contribution in [0.4, 0.5) is 5.95 Å². The number of rotatable bonds is 7. The van der Waals surface area contributed by atoms with Crippen LogP contribution in [-0.4, -0.2) is 29.7 Å². The summed E-state index contributed by atoms with van der Waals surface area (Å²) in [7, 11) is 6.11. The lowest BCUT2D eigenvalue weighted by Gasteiger charge is -2.18. The van der Waals surface area contributed by atoms with Gasteiger partial charge in [0.15, 0.2) is 0 Å². The summed E-state index contributed by atoms with van der Waals surface area (Å²) in [5, 5.41) is 3.58. The molecule has 1 aromatic rings. The summed E-state index contributed by atoms with van der Waals surface area (Å²) in [6.07, 6.45) is 4.44. The Morgan fingerprint density at radius 1 is 1.39 bits per heavy atom. The van der Waals surface area contributed by atoms with Crippen molar-refractivity contribution >= 4 is 5.95 Å². The molecule has 0 aromatic carbocycles. The maximum atomic E-state index is 4.42. The zero-order valence-electron chi connectivity index (χ0n) is 12.7. The summed E-state index contributed by atoms with van der Waals surface area (Å²) < 4.78 is 2.14. The van der Waals surface area contributed by atoms with Gasteiger partial charge >= 0.3 is 0 Å². The van der Waals surface area contributed by atoms with Crippen molar-refractivity contribution in [3.63, 3.8) is 0 Å². The van der Waals surface area contributed by atoms with Gasteiger partial charge in [0.05, 0.1) is 11.9 Å². The molecule has 4 heteroatoms. The van der Waals surface area contributed by atoms with E-state index in [4.69, 9.17) is 0 Å². The first-order chi connectivity index (χ1) is 8.45. The third-order valence-electron chi connectivity index (χ3n) is 3.54. The fourth-order valence-electron chi connectivity index (χ4n) is 2.15. The highest BCUT2D eigenvalue weighted by molar-refractivity contribution is 5.30. The number of nitrogens with one attached hydrogen (secondary N) is 1. The van der Waals surface area contributed by atoms with Crippen molar-refractivity contribution in [2.24, 2.45) is 13.0 Å². The van der Waals surface area contributed by atoms with Crippen molar-refractivity contribution in [3.8, 4) is 0 Å². The molecule has 0 aliphatic rings. The van der Waals surface area contributed by atoms with E-state index in [1.807, 2.05) is 25.2 Å². The molecule has 1 rings (SSSR count). The SMILES string of the molecule is CCC(C)CC(C)NCc1cnc(N(C)C)n1C. The molecule has 0 amide bonds. The van der Waals surface area contributed by atoms with Gasteiger partial charge in [-0.25, -0.2) is 4.98 Å². The van der Waals surface area contributed by atoms with Crippen LogP contribution in [0.15, 0.2) is 6.20 Å². The molecule has 0 bridgehead atoms. The van der Waals surface area contributed by atoms with E-state index in [1.54, 1.807) is 0 Å². The first-order valence-electron chi connectivity index (χ1n) is 6.87. The van der Waals surface area contributed by atoms with Crippen molar-refractivity contribution in [1.82, 2.24) is 14.9 Å². The second-order valence-electron chi connectivity index (χ2n) is 5.53. The summed E-state index contributed by atoms with van der Waals surface area (Å²) in [5.41, 5.74) is 1.23. The minimum Gasteiger partial charge on any atom is -0.348 e. The average Bonchev–Trinajstić information content (AvgIpc) is 2.68. The summed E-state index contributed by atoms with van der Waals surface area (Å²) in [5.74, 6) is 1.79. The van der Waals surface area contributed by atoms with E-state index in [-0.39, 0.29) is 0 Å². The Morgan fingerprint density at radius 3 is 2.56 bits per heavy atom. The Bertz CT molecular complexity index is 357. The Labute approximate surface area is 111 Å². The van der Waals surface area contributed by atoms with Crippen molar-refractivity contribution in [2.45, 2.75) is 46.2 Å². The molecule has 1 heterocycles. The molecule has 0 fully saturated rings. The first-order valence-corrected chi connectivity index (χ1v) is 6.87. The van der Waals surface area contributed by atoms with Crippen molar-refractivity contribution in [3.05, 3.63) is 11.9 Å². The number of hydrogen-bond donors (Lipinski definition) is 1. The van der Waals surface area contributed by atoms with Gasteiger partial charge in [-0.1, -0.05) is 20.3 Å². The predicted octanol–water partition coefficient (Wildman–Crippen LogP) is 2.40. The van der Waals surface area contributed by atoms with Crippen LogP contribution in [0, 0.1) is 5.92 Å². The largest absolute Gasteiger partial charge is 0.348 e. The first kappa shape index (κ1) is 15.0. The van der Waals surface area contributed by atoms with Crippen LogP contribution >= 0.6 is 0 Å². The summed E-state index contributed by atoms with van der Waals surface area (Å²) in [6.45, 7) is 7.71. The lowest BCUT2D eigenvalue weighted by atomic mass is 10.0. The van der Waals surface area contributed by atoms with Gasteiger partial charge in [-0.15, -0.1) is 0 Å². The van der Waals surface area contributed by atoms with Gasteiger partial charge in [0.2, 0.25) is 5.95 Å². The summed E-state index contributed by atoms with van der Waals surface area (Å²) in [6, 6.07) is 0.553. The molecular weight excluding hydrogens is 224 g/mol. The van der Waals surface area contributed by atoms with Crippen LogP contribution in [-0.2, 0) is 13.6 Å². The zero-order chi connectivity index (χ0) is 13.7. The number of anilines is 1. The quantitative estimate of drug-likeness (QED) is 0.809. The highest BCUT2D eigenvalue weighted by Gasteiger charge is 2.10. The van der Waals surface area contributed by atoms with Crippen molar-refractivity contribution in [1.29, 1.82) is 0 Å². The lowest BCUT2D eigenvalue weighted by molar-refractivity contribution is 0.409. The van der Waals surface area contributed by atoms with E-state index in [0.717, 1.165) is 18.4 Å². The van der Waals surface area contributed by atoms with Gasteiger partial charge in [-0.05, 0) is 19.3 Å². The Hall–Kier alpha value is -1.03. The van der Waals surface area contributed by atoms with Gasteiger partial charge < -0.3 is 14.8 Å². The van der Waals surface area contributed by atoms with Crippen LogP contribution < -0.4 is 10.2 Å². The molecule has 104 valence electrons. The molecule has 0 radical (unpaired) electrons. The Balaban J connectivity index is 2.48. The molecule has 0 saturated carbocycles. The lowest BCUT2D eigenvalue weighted by Crippen LogP contribution is -2.28. The predicted molar refractivity (Wildman–Crippen MR) is 77.9 cm³/mol. The highest BCUT2D eigenvalue weighted by Crippen LogP contribution is 2.12. The molecule has 2 atom stereocenters. The summed E-state index contributed by atoms with van der Waals surface area (Å²) in [4.78, 5) is 6.45. The van der Waals surface area contributed by atoms with Crippen molar-refractivity contribution in [2.75, 3.05) is 19.0 Å². The molecule has 4 nitrogen and oxygen atoms in total. The molecule has 0 spiro atoms. The van der Waals surface area contributed by atoms with Gasteiger partial charge in [-0.3, -0.25) is 0 Å². The van der Waals surface area contributed by atoms with Gasteiger partial charge in [-0.2, -0.15) is 0 Å². The zero-order valence-corrected chi connectivity index (χ0v) is 12.7. The van der Waals surface area contributed by atoms with E-state index in [1.165, 1.54) is 18.5 Å². The van der Waals surface area contributed by atoms with Gasteiger partial charge in [0.25, 0.3) is 0 Å². The summed E-state index contributed by atoms with van der Waals surface area (Å²) >= 11 is 0. The third-order valence-corrected chi connectivity index (χ3v) is 3.54. The van der Waals surface area contributed by atoms with Gasteiger partial charge in [0.1, 0.15) is 0 Å². The molecule has 1 N–H and O–H groups in total. The van der Waals surface area contributed by atoms with E-state index >= 15 is 0 Å². The van der Waals surface area contributed by atoms with Crippen molar-refractivity contribution < 1.29 is 0 Å². The van der Waals surface area contributed by atoms with E-state index in [9.17, 15) is 0 Å². The van der Waals surface area contributed by atoms with E-state index in [2.05, 4.69) is 42.7 Å². The topological polar surface area (TPSA) is 33.1 Å². The monoisotopic (exact) mass is 252 g/mol. The average molecular weight is 252 g/mol. The maximum absolute atomic E-state index is 4.42. The fourth-order valence-corrected chi connectivity index (χ4v) is 2.15. The molecule has 0 aliphatic carbocycles. The molecule has 0 aliphatic heterocycles. The Kier molecular flexibility index (Phi) is 5.66. The molecular formula is C14H28N4. The molecule has 1 aromatic heterocycles. The van der Waals surface area contributed by atoms with Gasteiger partial charge in [0, 0.05) is 33.7 Å². The molecule has 2 unspecified atom stereocenters. The molecule has 0 saturated heterocycles. The number of nitrogens with zero attached hydrogens (tertiary/aromatic N) is 3. The smallest absolute Gasteiger partial charge is 0.204 e. The van der Waals surface area contributed by atoms with Crippen LogP contribution in [0.1, 0.15) is 39.3 Å². The fraction of sp³-hybridized carbons (Fsp3) is 0.786. The number of hydrogen-bond acceptors (Lipinski definition) is 3. The van der Waals surface area contributed by atoms with Crippen LogP contribution in [0.25, 0.3) is 0 Å². The normalized spacial score (nSPS) is 14.6. The minimum atomic E-state index is 0.553. The standard InChI is InChI=1S/C14H28N4/c1-7-11(2)8-12(3)15-9-13-10-16-14(17(4)5)18(13)6/h10-12,15H,7-9H2,1-6H3. The van der Waals surface area contributed by atoms with Crippen LogP contribution in [0.2, 0.25) is 0 Å². The second-order valence-corrected chi connectivity index (χ2v) is 5.53. The van der Waals surface area contributed by atoms with Crippen LogP contribution in [0.3, 0.4) is 0 Å². The highest BCUT2D eigenvalue weighted by atomic mass is 15.3. The minimum absolute atomic E-state index is 0.553. The maximum Gasteiger partial charge on any atom is 0.204 e. The Morgan fingerprint density at radius 2 is 2.06 bits per heavy atom. The second kappa shape index (κ2) is 6.78. The van der Waals surface area contributed by atoms with Crippen LogP contribution in [0.5, 0.6) is 0 Å². The number of imidazole rings is 1. The molecule has 18 heavy (non-hydrogen) atoms. The third kappa shape index (κ3) is 4.02. The van der Waals surface area contributed by atoms with E-state index < -0.39 is 0 Å².